The van der Waals surface area contributed by atoms with Gasteiger partial charge in [0.1, 0.15) is 11.9 Å². The summed E-state index contributed by atoms with van der Waals surface area (Å²) in [7, 11) is -2.72. The maximum Gasteiger partial charge on any atom is 0.303 e. The summed E-state index contributed by atoms with van der Waals surface area (Å²) < 4.78 is 33.7. The second-order valence-corrected chi connectivity index (χ2v) is 9.36. The van der Waals surface area contributed by atoms with Crippen LogP contribution in [0.4, 0.5) is 0 Å². The number of amides is 1. The standard InChI is InChI=1S/C24H32NO9P/c1-4-5-6-7-13-25-23(28)18-8-10-19(11-9-18)33-24-22(32-17(3)27)21(31-16(2)26)15-20(34-24)12-14-35(29)30/h1,8-11,20-22,24,35H,5-7,12-15H2,2-3H3,(H,25,28)(H,29,30)/t20-,21+,22+,24?/m1/s1. The molecule has 5 atom stereocenters. The molecule has 192 valence electrons. The molecule has 0 aliphatic carbocycles. The Morgan fingerprint density at radius 3 is 2.46 bits per heavy atom. The number of carbonyl (C=O) groups is 3. The minimum atomic E-state index is -2.72. The highest BCUT2D eigenvalue weighted by atomic mass is 31.1. The molecule has 1 aliphatic heterocycles. The van der Waals surface area contributed by atoms with E-state index in [2.05, 4.69) is 11.2 Å². The van der Waals surface area contributed by atoms with Gasteiger partial charge in [0, 0.05) is 45.0 Å². The predicted molar refractivity (Wildman–Crippen MR) is 127 cm³/mol. The molecule has 1 aromatic carbocycles. The lowest BCUT2D eigenvalue weighted by atomic mass is 10.00. The fourth-order valence-corrected chi connectivity index (χ4v) is 4.15. The number of esters is 2. The van der Waals surface area contributed by atoms with E-state index < -0.39 is 44.6 Å². The number of rotatable bonds is 12. The molecule has 10 nitrogen and oxygen atoms in total. The third-order valence-corrected chi connectivity index (χ3v) is 5.87. The lowest BCUT2D eigenvalue weighted by Gasteiger charge is -2.40. The molecule has 1 saturated heterocycles. The molecule has 1 fully saturated rings. The summed E-state index contributed by atoms with van der Waals surface area (Å²) >= 11 is 0. The van der Waals surface area contributed by atoms with Crippen molar-refractivity contribution in [1.29, 1.82) is 0 Å². The molecule has 1 aliphatic rings. The molecule has 0 radical (unpaired) electrons. The van der Waals surface area contributed by atoms with Crippen LogP contribution < -0.4 is 10.1 Å². The van der Waals surface area contributed by atoms with E-state index in [4.69, 9.17) is 25.4 Å². The first-order chi connectivity index (χ1) is 16.7. The Kier molecular flexibility index (Phi) is 11.8. The van der Waals surface area contributed by atoms with Gasteiger partial charge >= 0.3 is 11.9 Å². The second kappa shape index (κ2) is 14.5. The summed E-state index contributed by atoms with van der Waals surface area (Å²) in [5.41, 5.74) is 0.430. The van der Waals surface area contributed by atoms with Crippen LogP contribution in [-0.4, -0.2) is 60.0 Å². The van der Waals surface area contributed by atoms with Gasteiger partial charge in [-0.25, -0.2) is 0 Å². The van der Waals surface area contributed by atoms with Gasteiger partial charge in [0.15, 0.2) is 8.03 Å². The highest BCUT2D eigenvalue weighted by Crippen LogP contribution is 2.31. The van der Waals surface area contributed by atoms with Crippen LogP contribution in [-0.2, 0) is 28.4 Å². The van der Waals surface area contributed by atoms with Gasteiger partial charge in [-0.15, -0.1) is 12.3 Å². The zero-order valence-corrected chi connectivity index (χ0v) is 20.9. The number of unbranched alkanes of at least 4 members (excludes halogenated alkanes) is 2. The lowest BCUT2D eigenvalue weighted by molar-refractivity contribution is -0.249. The van der Waals surface area contributed by atoms with Crippen molar-refractivity contribution in [2.45, 2.75) is 70.6 Å². The van der Waals surface area contributed by atoms with E-state index in [9.17, 15) is 23.8 Å². The highest BCUT2D eigenvalue weighted by Gasteiger charge is 2.44. The summed E-state index contributed by atoms with van der Waals surface area (Å²) in [5.74, 6) is 1.46. The normalized spacial score (nSPS) is 22.3. The van der Waals surface area contributed by atoms with E-state index in [-0.39, 0.29) is 24.9 Å². The van der Waals surface area contributed by atoms with Crippen molar-refractivity contribution < 1.29 is 42.8 Å². The fourth-order valence-electron chi connectivity index (χ4n) is 3.58. The van der Waals surface area contributed by atoms with Gasteiger partial charge in [0.05, 0.1) is 6.10 Å². The van der Waals surface area contributed by atoms with E-state index in [1.165, 1.54) is 13.8 Å². The third kappa shape index (κ3) is 10.1. The average molecular weight is 509 g/mol. The zero-order valence-electron chi connectivity index (χ0n) is 19.9. The topological polar surface area (TPSA) is 137 Å². The van der Waals surface area contributed by atoms with Gasteiger partial charge in [0.2, 0.25) is 12.4 Å². The molecule has 1 aromatic rings. The average Bonchev–Trinajstić information content (AvgIpc) is 2.79. The minimum absolute atomic E-state index is 0.0274. The number of benzene rings is 1. The predicted octanol–water partition coefficient (Wildman–Crippen LogP) is 2.43. The first kappa shape index (κ1) is 28.4. The van der Waals surface area contributed by atoms with Crippen LogP contribution in [0.15, 0.2) is 24.3 Å². The van der Waals surface area contributed by atoms with Gasteiger partial charge in [0.25, 0.3) is 5.91 Å². The second-order valence-electron chi connectivity index (χ2n) is 8.08. The molecule has 2 N–H and O–H groups in total. The van der Waals surface area contributed by atoms with Gasteiger partial charge in [-0.1, -0.05) is 0 Å². The molecule has 0 spiro atoms. The largest absolute Gasteiger partial charge is 0.461 e. The first-order valence-electron chi connectivity index (χ1n) is 11.4. The summed E-state index contributed by atoms with van der Waals surface area (Å²) in [5, 5.41) is 2.82. The Bertz CT molecular complexity index is 928. The summed E-state index contributed by atoms with van der Waals surface area (Å²) in [6.45, 7) is 2.96. The summed E-state index contributed by atoms with van der Waals surface area (Å²) in [4.78, 5) is 44.8. The molecule has 1 amide bonds. The third-order valence-electron chi connectivity index (χ3n) is 5.16. The van der Waals surface area contributed by atoms with E-state index in [1.54, 1.807) is 24.3 Å². The van der Waals surface area contributed by atoms with Crippen molar-refractivity contribution in [2.24, 2.45) is 0 Å². The van der Waals surface area contributed by atoms with Crippen molar-refractivity contribution in [3.63, 3.8) is 0 Å². The van der Waals surface area contributed by atoms with Crippen LogP contribution in [0.5, 0.6) is 5.75 Å². The van der Waals surface area contributed by atoms with Crippen LogP contribution in [0, 0.1) is 12.3 Å². The van der Waals surface area contributed by atoms with E-state index in [1.807, 2.05) is 0 Å². The number of hydrogen-bond acceptors (Lipinski definition) is 8. The Labute approximate surface area is 205 Å². The number of nitrogens with one attached hydrogen (secondary N) is 1. The first-order valence-corrected chi connectivity index (χ1v) is 13.0. The van der Waals surface area contributed by atoms with E-state index in [0.717, 1.165) is 12.8 Å². The molecule has 0 aromatic heterocycles. The van der Waals surface area contributed by atoms with Gasteiger partial charge in [-0.3, -0.25) is 18.9 Å². The van der Waals surface area contributed by atoms with Crippen molar-refractivity contribution in [2.75, 3.05) is 12.7 Å². The van der Waals surface area contributed by atoms with E-state index in [0.29, 0.717) is 24.3 Å². The van der Waals surface area contributed by atoms with Crippen LogP contribution >= 0.6 is 8.03 Å². The SMILES string of the molecule is C#CCCCCNC(=O)c1ccc(OC2O[C@H](CC[PH](=O)O)C[C@H](OC(C)=O)[C@@H]2OC(C)=O)cc1. The van der Waals surface area contributed by atoms with Crippen LogP contribution in [0.3, 0.4) is 0 Å². The van der Waals surface area contributed by atoms with Crippen molar-refractivity contribution in [1.82, 2.24) is 5.32 Å². The molecule has 2 unspecified atom stereocenters. The summed E-state index contributed by atoms with van der Waals surface area (Å²) in [6.07, 6.45) is 4.32. The summed E-state index contributed by atoms with van der Waals surface area (Å²) in [6, 6.07) is 6.29. The Balaban J connectivity index is 2.10. The number of carbonyl (C=O) groups excluding carboxylic acids is 3. The monoisotopic (exact) mass is 509 g/mol. The Morgan fingerprint density at radius 1 is 1.17 bits per heavy atom. The van der Waals surface area contributed by atoms with Crippen molar-refractivity contribution in [3.05, 3.63) is 29.8 Å². The van der Waals surface area contributed by atoms with Crippen molar-refractivity contribution in [3.8, 4) is 18.1 Å². The highest BCUT2D eigenvalue weighted by molar-refractivity contribution is 7.37. The van der Waals surface area contributed by atoms with Crippen molar-refractivity contribution >= 4 is 25.9 Å². The van der Waals surface area contributed by atoms with Crippen LogP contribution in [0.2, 0.25) is 0 Å². The maximum atomic E-state index is 12.3. The zero-order chi connectivity index (χ0) is 25.8. The van der Waals surface area contributed by atoms with E-state index >= 15 is 0 Å². The molecule has 0 saturated carbocycles. The lowest BCUT2D eigenvalue weighted by Crippen LogP contribution is -2.54. The van der Waals surface area contributed by atoms with Crippen LogP contribution in [0.1, 0.15) is 56.3 Å². The Morgan fingerprint density at radius 2 is 1.86 bits per heavy atom. The smallest absolute Gasteiger partial charge is 0.303 e. The molecule has 0 bridgehead atoms. The number of terminal acetylenes is 1. The van der Waals surface area contributed by atoms with Crippen LogP contribution in [0.25, 0.3) is 0 Å². The minimum Gasteiger partial charge on any atom is -0.461 e. The molecular formula is C24H32NO9P. The maximum absolute atomic E-state index is 12.3. The molecule has 35 heavy (non-hydrogen) atoms. The Hall–Kier alpha value is -2.86. The number of ether oxygens (including phenoxy) is 4. The number of hydrogen-bond donors (Lipinski definition) is 2. The fraction of sp³-hybridized carbons (Fsp3) is 0.542. The molecule has 2 rings (SSSR count). The molecular weight excluding hydrogens is 477 g/mol. The molecule has 1 heterocycles. The van der Waals surface area contributed by atoms with Gasteiger partial charge in [-0.05, 0) is 43.5 Å². The quantitative estimate of drug-likeness (QED) is 0.188. The van der Waals surface area contributed by atoms with Gasteiger partial charge < -0.3 is 29.2 Å². The van der Waals surface area contributed by atoms with Gasteiger partial charge in [-0.2, -0.15) is 0 Å². The molecule has 11 heteroatoms.